The van der Waals surface area contributed by atoms with E-state index >= 15 is 0 Å². The molecule has 0 unspecified atom stereocenters. The van der Waals surface area contributed by atoms with Gasteiger partial charge in [-0.25, -0.2) is 4.68 Å². The van der Waals surface area contributed by atoms with E-state index in [1.807, 2.05) is 89.6 Å². The minimum atomic E-state index is -0.897. The molecule has 0 amide bonds. The van der Waals surface area contributed by atoms with E-state index in [-0.39, 0.29) is 12.8 Å². The van der Waals surface area contributed by atoms with Crippen molar-refractivity contribution in [3.63, 3.8) is 0 Å². The average molecular weight is 665 g/mol. The van der Waals surface area contributed by atoms with Gasteiger partial charge in [-0.05, 0) is 85.1 Å². The molecule has 6 nitrogen and oxygen atoms in total. The van der Waals surface area contributed by atoms with Crippen LogP contribution in [-0.2, 0) is 24.2 Å². The first-order chi connectivity index (χ1) is 20.3. The van der Waals surface area contributed by atoms with Crippen LogP contribution in [0.4, 0.5) is 0 Å². The Kier molecular flexibility index (Phi) is 9.65. The molecular formula is C33H28BrCl2N3O3. The van der Waals surface area contributed by atoms with Gasteiger partial charge in [0.2, 0.25) is 0 Å². The third-order valence-corrected chi connectivity index (χ3v) is 7.70. The van der Waals surface area contributed by atoms with Crippen molar-refractivity contribution in [1.82, 2.24) is 9.78 Å². The first-order valence-electron chi connectivity index (χ1n) is 13.4. The minimum Gasteiger partial charge on any atom is -0.488 e. The van der Waals surface area contributed by atoms with E-state index < -0.39 is 5.97 Å². The lowest BCUT2D eigenvalue weighted by atomic mass is 9.96. The van der Waals surface area contributed by atoms with Crippen molar-refractivity contribution in [3.8, 4) is 34.0 Å². The molecule has 0 fully saturated rings. The summed E-state index contributed by atoms with van der Waals surface area (Å²) in [6.07, 6.45) is 0.845. The van der Waals surface area contributed by atoms with Crippen molar-refractivity contribution in [2.75, 3.05) is 6.54 Å². The number of carboxylic acid groups (broad SMARTS) is 1. The van der Waals surface area contributed by atoms with Crippen molar-refractivity contribution >= 4 is 45.1 Å². The molecule has 1 aromatic heterocycles. The smallest absolute Gasteiger partial charge is 0.303 e. The third-order valence-electron chi connectivity index (χ3n) is 6.74. The van der Waals surface area contributed by atoms with Crippen molar-refractivity contribution in [3.05, 3.63) is 122 Å². The van der Waals surface area contributed by atoms with E-state index in [0.717, 1.165) is 43.7 Å². The molecule has 0 saturated heterocycles. The Morgan fingerprint density at radius 2 is 1.67 bits per heavy atom. The Morgan fingerprint density at radius 3 is 2.38 bits per heavy atom. The number of nitrogens with two attached hydrogens (primary N) is 1. The van der Waals surface area contributed by atoms with E-state index in [1.165, 1.54) is 0 Å². The molecule has 0 radical (unpaired) electrons. The van der Waals surface area contributed by atoms with Gasteiger partial charge in [0.15, 0.2) is 0 Å². The van der Waals surface area contributed by atoms with Crippen molar-refractivity contribution < 1.29 is 14.6 Å². The first-order valence-corrected chi connectivity index (χ1v) is 14.9. The van der Waals surface area contributed by atoms with Gasteiger partial charge in [-0.1, -0.05) is 75.5 Å². The number of hydrogen-bond acceptors (Lipinski definition) is 4. The van der Waals surface area contributed by atoms with Gasteiger partial charge in [-0.2, -0.15) is 5.10 Å². The van der Waals surface area contributed by atoms with Crippen LogP contribution in [0.25, 0.3) is 28.2 Å². The number of carboxylic acids is 1. The molecule has 0 aliphatic rings. The fraction of sp³-hybridized carbons (Fsp3) is 0.152. The zero-order chi connectivity index (χ0) is 29.6. The molecule has 214 valence electrons. The Bertz CT molecular complexity index is 1740. The quantitative estimate of drug-likeness (QED) is 0.148. The standard InChI is InChI=1S/C33H28BrCl2N3O3/c34-24-6-2-5-23(18-24)33-28(11-13-31(40)41)32(38-39(33)27-9-3-8-26(36)19-27)29-17-21(14-15-37)10-12-30(29)42-20-22-4-1-7-25(35)16-22/h1-10,12,16-19H,11,13-15,20,37H2,(H,40,41). The molecule has 4 aromatic carbocycles. The van der Waals surface area contributed by atoms with Crippen LogP contribution in [0.1, 0.15) is 23.1 Å². The molecule has 9 heteroatoms. The second-order valence-electron chi connectivity index (χ2n) is 9.76. The summed E-state index contributed by atoms with van der Waals surface area (Å²) in [5, 5.41) is 16.0. The normalized spacial score (nSPS) is 11.0. The number of halogens is 3. The number of ether oxygens (including phenoxy) is 1. The summed E-state index contributed by atoms with van der Waals surface area (Å²) in [6, 6.07) is 28.7. The van der Waals surface area contributed by atoms with Gasteiger partial charge in [0.05, 0.1) is 11.4 Å². The van der Waals surface area contributed by atoms with E-state index in [0.29, 0.717) is 41.1 Å². The molecule has 5 aromatic rings. The first kappa shape index (κ1) is 29.9. The number of benzene rings is 4. The fourth-order valence-corrected chi connectivity index (χ4v) is 5.66. The Labute approximate surface area is 262 Å². The number of hydrogen-bond donors (Lipinski definition) is 2. The molecule has 0 aliphatic heterocycles. The summed E-state index contributed by atoms with van der Waals surface area (Å²) in [5.41, 5.74) is 12.4. The van der Waals surface area contributed by atoms with Crippen molar-refractivity contribution in [2.24, 2.45) is 5.73 Å². The van der Waals surface area contributed by atoms with Gasteiger partial charge < -0.3 is 15.6 Å². The summed E-state index contributed by atoms with van der Waals surface area (Å²) in [6.45, 7) is 0.774. The zero-order valence-corrected chi connectivity index (χ0v) is 25.7. The number of aliphatic carboxylic acids is 1. The molecule has 3 N–H and O–H groups in total. The molecule has 0 aliphatic carbocycles. The Balaban J connectivity index is 1.74. The summed E-state index contributed by atoms with van der Waals surface area (Å²) < 4.78 is 9.08. The van der Waals surface area contributed by atoms with Gasteiger partial charge in [-0.3, -0.25) is 4.79 Å². The predicted molar refractivity (Wildman–Crippen MR) is 172 cm³/mol. The molecule has 0 atom stereocenters. The predicted octanol–water partition coefficient (Wildman–Crippen LogP) is 8.37. The van der Waals surface area contributed by atoms with Gasteiger partial charge >= 0.3 is 5.97 Å². The summed E-state index contributed by atoms with van der Waals surface area (Å²) in [7, 11) is 0. The maximum Gasteiger partial charge on any atom is 0.303 e. The summed E-state index contributed by atoms with van der Waals surface area (Å²) in [5.74, 6) is -0.283. The Morgan fingerprint density at radius 1 is 0.905 bits per heavy atom. The maximum atomic E-state index is 11.8. The number of nitrogens with zero attached hydrogens (tertiary/aromatic N) is 2. The number of aromatic nitrogens is 2. The lowest BCUT2D eigenvalue weighted by Crippen LogP contribution is -2.04. The third kappa shape index (κ3) is 7.05. The summed E-state index contributed by atoms with van der Waals surface area (Å²) >= 11 is 16.2. The monoisotopic (exact) mass is 663 g/mol. The molecule has 0 spiro atoms. The molecule has 0 bridgehead atoms. The van der Waals surface area contributed by atoms with Crippen molar-refractivity contribution in [2.45, 2.75) is 25.9 Å². The maximum absolute atomic E-state index is 11.8. The molecule has 42 heavy (non-hydrogen) atoms. The summed E-state index contributed by atoms with van der Waals surface area (Å²) in [4.78, 5) is 11.8. The fourth-order valence-electron chi connectivity index (χ4n) is 4.86. The molecule has 1 heterocycles. The van der Waals surface area contributed by atoms with Gasteiger partial charge in [-0.15, -0.1) is 0 Å². The van der Waals surface area contributed by atoms with Gasteiger partial charge in [0.25, 0.3) is 0 Å². The van der Waals surface area contributed by atoms with E-state index in [4.69, 9.17) is 38.8 Å². The average Bonchev–Trinajstić information content (AvgIpc) is 3.35. The highest BCUT2D eigenvalue weighted by molar-refractivity contribution is 9.10. The Hall–Kier alpha value is -3.62. The number of rotatable bonds is 11. The second-order valence-corrected chi connectivity index (χ2v) is 11.5. The molecule has 5 rings (SSSR count). The van der Waals surface area contributed by atoms with Crippen LogP contribution in [0.5, 0.6) is 5.75 Å². The van der Waals surface area contributed by atoms with Crippen molar-refractivity contribution in [1.29, 1.82) is 0 Å². The highest BCUT2D eigenvalue weighted by Crippen LogP contribution is 2.40. The van der Waals surface area contributed by atoms with Crippen LogP contribution < -0.4 is 10.5 Å². The van der Waals surface area contributed by atoms with Crippen LogP contribution >= 0.6 is 39.1 Å². The second kappa shape index (κ2) is 13.6. The molecule has 0 saturated carbocycles. The van der Waals surface area contributed by atoms with E-state index in [1.54, 1.807) is 6.07 Å². The van der Waals surface area contributed by atoms with E-state index in [2.05, 4.69) is 15.9 Å². The van der Waals surface area contributed by atoms with Gasteiger partial charge in [0, 0.05) is 37.6 Å². The topological polar surface area (TPSA) is 90.4 Å². The zero-order valence-electron chi connectivity index (χ0n) is 22.6. The highest BCUT2D eigenvalue weighted by atomic mass is 79.9. The number of carbonyl (C=O) groups is 1. The minimum absolute atomic E-state index is 0.0730. The lowest BCUT2D eigenvalue weighted by Gasteiger charge is -2.14. The van der Waals surface area contributed by atoms with Crippen LogP contribution in [0, 0.1) is 0 Å². The lowest BCUT2D eigenvalue weighted by molar-refractivity contribution is -0.136. The van der Waals surface area contributed by atoms with Crippen LogP contribution in [0.2, 0.25) is 10.0 Å². The van der Waals surface area contributed by atoms with Crippen LogP contribution in [0.15, 0.2) is 95.5 Å². The SMILES string of the molecule is NCCc1ccc(OCc2cccc(Cl)c2)c(-c2nn(-c3cccc(Cl)c3)c(-c3cccc(Br)c3)c2CCC(=O)O)c1. The largest absolute Gasteiger partial charge is 0.488 e. The van der Waals surface area contributed by atoms with Crippen LogP contribution in [-0.4, -0.2) is 27.4 Å². The van der Waals surface area contributed by atoms with Crippen LogP contribution in [0.3, 0.4) is 0 Å². The highest BCUT2D eigenvalue weighted by Gasteiger charge is 2.25. The van der Waals surface area contributed by atoms with Gasteiger partial charge in [0.1, 0.15) is 18.1 Å². The van der Waals surface area contributed by atoms with E-state index in [9.17, 15) is 9.90 Å². The molecular weight excluding hydrogens is 637 g/mol.